The zero-order chi connectivity index (χ0) is 15.1. The van der Waals surface area contributed by atoms with Gasteiger partial charge in [0.05, 0.1) is 19.3 Å². The molecule has 1 aromatic rings. The number of amides is 1. The standard InChI is InChI=1S/C15H21NO3S/c1-10-5-6-11(2)13(7-10)16-14(17)9-20-12(3)8-15(18)19-4/h5-7,12H,8-9H2,1-4H3,(H,16,17). The van der Waals surface area contributed by atoms with E-state index in [0.717, 1.165) is 16.8 Å². The van der Waals surface area contributed by atoms with E-state index in [2.05, 4.69) is 10.1 Å². The number of aryl methyl sites for hydroxylation is 2. The molecule has 0 saturated heterocycles. The first-order valence-corrected chi connectivity index (χ1v) is 7.52. The molecule has 1 amide bonds. The van der Waals surface area contributed by atoms with Crippen LogP contribution >= 0.6 is 11.8 Å². The molecule has 0 heterocycles. The van der Waals surface area contributed by atoms with E-state index in [9.17, 15) is 9.59 Å². The second kappa shape index (κ2) is 7.94. The van der Waals surface area contributed by atoms with Crippen molar-refractivity contribution >= 4 is 29.3 Å². The Hall–Kier alpha value is -1.49. The molecule has 110 valence electrons. The van der Waals surface area contributed by atoms with Gasteiger partial charge in [-0.1, -0.05) is 19.1 Å². The van der Waals surface area contributed by atoms with E-state index < -0.39 is 0 Å². The van der Waals surface area contributed by atoms with Crippen molar-refractivity contribution in [2.45, 2.75) is 32.4 Å². The molecular formula is C15H21NO3S. The van der Waals surface area contributed by atoms with Crippen molar-refractivity contribution in [3.8, 4) is 0 Å². The minimum atomic E-state index is -0.250. The van der Waals surface area contributed by atoms with Gasteiger partial charge in [0.1, 0.15) is 0 Å². The van der Waals surface area contributed by atoms with E-state index in [-0.39, 0.29) is 17.1 Å². The second-order valence-corrected chi connectivity index (χ2v) is 6.20. The molecule has 0 radical (unpaired) electrons. The molecule has 0 aliphatic rings. The van der Waals surface area contributed by atoms with Crippen molar-refractivity contribution in [1.82, 2.24) is 0 Å². The highest BCUT2D eigenvalue weighted by atomic mass is 32.2. The normalized spacial score (nSPS) is 11.8. The van der Waals surface area contributed by atoms with Gasteiger partial charge < -0.3 is 10.1 Å². The number of methoxy groups -OCH3 is 1. The summed E-state index contributed by atoms with van der Waals surface area (Å²) in [4.78, 5) is 23.0. The molecule has 4 nitrogen and oxygen atoms in total. The summed E-state index contributed by atoms with van der Waals surface area (Å²) in [5.41, 5.74) is 2.99. The third-order valence-corrected chi connectivity index (χ3v) is 4.01. The van der Waals surface area contributed by atoms with Crippen LogP contribution < -0.4 is 5.32 Å². The fourth-order valence-electron chi connectivity index (χ4n) is 1.65. The molecule has 1 aromatic carbocycles. The van der Waals surface area contributed by atoms with Gasteiger partial charge in [0.2, 0.25) is 5.91 Å². The van der Waals surface area contributed by atoms with E-state index in [1.165, 1.54) is 18.9 Å². The van der Waals surface area contributed by atoms with Gasteiger partial charge in [-0.25, -0.2) is 0 Å². The maximum absolute atomic E-state index is 11.9. The first-order valence-electron chi connectivity index (χ1n) is 6.48. The Morgan fingerprint density at radius 2 is 2.05 bits per heavy atom. The lowest BCUT2D eigenvalue weighted by Crippen LogP contribution is -2.17. The van der Waals surface area contributed by atoms with Gasteiger partial charge in [0.25, 0.3) is 0 Å². The number of hydrogen-bond donors (Lipinski definition) is 1. The van der Waals surface area contributed by atoms with Crippen LogP contribution in [0.15, 0.2) is 18.2 Å². The highest BCUT2D eigenvalue weighted by Gasteiger charge is 2.12. The monoisotopic (exact) mass is 295 g/mol. The van der Waals surface area contributed by atoms with Crippen molar-refractivity contribution < 1.29 is 14.3 Å². The van der Waals surface area contributed by atoms with Crippen LogP contribution in [0.3, 0.4) is 0 Å². The summed E-state index contributed by atoms with van der Waals surface area (Å²) < 4.78 is 4.60. The van der Waals surface area contributed by atoms with Crippen molar-refractivity contribution in [2.24, 2.45) is 0 Å². The molecule has 20 heavy (non-hydrogen) atoms. The van der Waals surface area contributed by atoms with Gasteiger partial charge in [0, 0.05) is 10.9 Å². The van der Waals surface area contributed by atoms with Crippen LogP contribution in [0, 0.1) is 13.8 Å². The Morgan fingerprint density at radius 3 is 2.70 bits per heavy atom. The van der Waals surface area contributed by atoms with Crippen LogP contribution in [0.5, 0.6) is 0 Å². The average Bonchev–Trinajstić information content (AvgIpc) is 2.40. The molecule has 1 rings (SSSR count). The molecule has 1 N–H and O–H groups in total. The second-order valence-electron chi connectivity index (χ2n) is 4.77. The summed E-state index contributed by atoms with van der Waals surface area (Å²) in [6.07, 6.45) is 0.317. The van der Waals surface area contributed by atoms with Crippen LogP contribution in [0.2, 0.25) is 0 Å². The van der Waals surface area contributed by atoms with E-state index in [0.29, 0.717) is 12.2 Å². The quantitative estimate of drug-likeness (QED) is 0.820. The lowest BCUT2D eigenvalue weighted by molar-refractivity contribution is -0.140. The number of anilines is 1. The third-order valence-electron chi connectivity index (χ3n) is 2.85. The van der Waals surface area contributed by atoms with Crippen LogP contribution in [0.4, 0.5) is 5.69 Å². The Labute approximate surface area is 124 Å². The molecule has 0 fully saturated rings. The number of rotatable bonds is 6. The number of esters is 1. The molecule has 0 bridgehead atoms. The fraction of sp³-hybridized carbons (Fsp3) is 0.467. The van der Waals surface area contributed by atoms with Crippen LogP contribution in [0.1, 0.15) is 24.5 Å². The number of benzene rings is 1. The lowest BCUT2D eigenvalue weighted by atomic mass is 10.1. The molecule has 1 unspecified atom stereocenters. The van der Waals surface area contributed by atoms with Gasteiger partial charge in [0.15, 0.2) is 0 Å². The number of nitrogens with one attached hydrogen (secondary N) is 1. The predicted molar refractivity (Wildman–Crippen MR) is 83.1 cm³/mol. The van der Waals surface area contributed by atoms with E-state index in [1.54, 1.807) is 0 Å². The van der Waals surface area contributed by atoms with Crippen molar-refractivity contribution in [1.29, 1.82) is 0 Å². The summed E-state index contributed by atoms with van der Waals surface area (Å²) >= 11 is 1.44. The average molecular weight is 295 g/mol. The Kier molecular flexibility index (Phi) is 6.58. The van der Waals surface area contributed by atoms with E-state index >= 15 is 0 Å². The SMILES string of the molecule is COC(=O)CC(C)SCC(=O)Nc1cc(C)ccc1C. The molecule has 1 atom stereocenters. The Balaban J connectivity index is 2.44. The summed E-state index contributed by atoms with van der Waals surface area (Å²) in [5.74, 6) is 0.0197. The molecular weight excluding hydrogens is 274 g/mol. The largest absolute Gasteiger partial charge is 0.469 e. The fourth-order valence-corrected chi connectivity index (χ4v) is 2.41. The van der Waals surface area contributed by atoms with Crippen molar-refractivity contribution in [3.05, 3.63) is 29.3 Å². The molecule has 0 aliphatic carbocycles. The smallest absolute Gasteiger partial charge is 0.306 e. The highest BCUT2D eigenvalue weighted by molar-refractivity contribution is 8.00. The summed E-state index contributed by atoms with van der Waals surface area (Å²) in [5, 5.41) is 2.96. The third kappa shape index (κ3) is 5.65. The first-order chi connectivity index (χ1) is 9.42. The van der Waals surface area contributed by atoms with Crippen LogP contribution in [-0.4, -0.2) is 30.0 Å². The topological polar surface area (TPSA) is 55.4 Å². The maximum atomic E-state index is 11.9. The number of thioether (sulfide) groups is 1. The highest BCUT2D eigenvalue weighted by Crippen LogP contribution is 2.18. The molecule has 5 heteroatoms. The van der Waals surface area contributed by atoms with Gasteiger partial charge in [-0.3, -0.25) is 9.59 Å². The molecule has 0 aliphatic heterocycles. The van der Waals surface area contributed by atoms with Gasteiger partial charge in [-0.05, 0) is 31.0 Å². The van der Waals surface area contributed by atoms with Crippen LogP contribution in [0.25, 0.3) is 0 Å². The molecule has 0 saturated carbocycles. The summed E-state index contributed by atoms with van der Waals surface area (Å²) in [6, 6.07) is 5.95. The van der Waals surface area contributed by atoms with Crippen LogP contribution in [-0.2, 0) is 14.3 Å². The predicted octanol–water partition coefficient (Wildman–Crippen LogP) is 2.93. The van der Waals surface area contributed by atoms with E-state index in [1.807, 2.05) is 39.0 Å². The van der Waals surface area contributed by atoms with Crippen molar-refractivity contribution in [2.75, 3.05) is 18.2 Å². The Bertz CT molecular complexity index is 488. The summed E-state index contributed by atoms with van der Waals surface area (Å²) in [6.45, 7) is 5.86. The molecule has 0 spiro atoms. The maximum Gasteiger partial charge on any atom is 0.306 e. The lowest BCUT2D eigenvalue weighted by Gasteiger charge is -2.11. The van der Waals surface area contributed by atoms with Gasteiger partial charge in [-0.15, -0.1) is 11.8 Å². The first kappa shape index (κ1) is 16.6. The number of carbonyl (C=O) groups excluding carboxylic acids is 2. The Morgan fingerprint density at radius 1 is 1.35 bits per heavy atom. The minimum absolute atomic E-state index is 0.0552. The van der Waals surface area contributed by atoms with Gasteiger partial charge in [-0.2, -0.15) is 0 Å². The zero-order valence-corrected chi connectivity index (χ0v) is 13.2. The minimum Gasteiger partial charge on any atom is -0.469 e. The number of hydrogen-bond acceptors (Lipinski definition) is 4. The van der Waals surface area contributed by atoms with E-state index in [4.69, 9.17) is 0 Å². The van der Waals surface area contributed by atoms with Crippen molar-refractivity contribution in [3.63, 3.8) is 0 Å². The summed E-state index contributed by atoms with van der Waals surface area (Å²) in [7, 11) is 1.37. The molecule has 0 aromatic heterocycles. The number of ether oxygens (including phenoxy) is 1. The zero-order valence-electron chi connectivity index (χ0n) is 12.4. The number of carbonyl (C=O) groups is 2. The van der Waals surface area contributed by atoms with Gasteiger partial charge >= 0.3 is 5.97 Å².